The summed E-state index contributed by atoms with van der Waals surface area (Å²) in [5.41, 5.74) is 1.01. The zero-order valence-electron chi connectivity index (χ0n) is 16.7. The zero-order chi connectivity index (χ0) is 22.2. The van der Waals surface area contributed by atoms with Gasteiger partial charge in [0.15, 0.2) is 11.6 Å². The van der Waals surface area contributed by atoms with Gasteiger partial charge >= 0.3 is 0 Å². The van der Waals surface area contributed by atoms with Crippen LogP contribution in [0.4, 0.5) is 8.78 Å². The second kappa shape index (κ2) is 8.84. The number of rotatable bonds is 6. The summed E-state index contributed by atoms with van der Waals surface area (Å²) < 4.78 is 53.3. The molecule has 1 saturated carbocycles. The van der Waals surface area contributed by atoms with Gasteiger partial charge < -0.3 is 5.32 Å². The molecule has 2 fully saturated rings. The Bertz CT molecular complexity index is 1070. The van der Waals surface area contributed by atoms with Gasteiger partial charge in [-0.1, -0.05) is 23.7 Å². The normalized spacial score (nSPS) is 19.2. The number of hydrogen-bond donors (Lipinski definition) is 1. The summed E-state index contributed by atoms with van der Waals surface area (Å²) in [6, 6.07) is 9.92. The largest absolute Gasteiger partial charge is 0.349 e. The number of sulfonamides is 1. The van der Waals surface area contributed by atoms with Crippen molar-refractivity contribution in [2.45, 2.75) is 36.6 Å². The first kappa shape index (κ1) is 22.2. The number of carbonyl (C=O) groups is 1. The average molecular weight is 469 g/mol. The number of hydrogen-bond acceptors (Lipinski definition) is 3. The summed E-state index contributed by atoms with van der Waals surface area (Å²) in [6.45, 7) is 0.295. The molecule has 166 valence electrons. The van der Waals surface area contributed by atoms with E-state index in [0.29, 0.717) is 29.8 Å². The predicted octanol–water partition coefficient (Wildman–Crippen LogP) is 4.29. The molecule has 1 N–H and O–H groups in total. The molecule has 1 unspecified atom stereocenters. The smallest absolute Gasteiger partial charge is 0.243 e. The lowest BCUT2D eigenvalue weighted by atomic mass is 9.95. The summed E-state index contributed by atoms with van der Waals surface area (Å²) in [5.74, 6) is -2.29. The van der Waals surface area contributed by atoms with Crippen molar-refractivity contribution in [3.8, 4) is 0 Å². The number of carbonyl (C=O) groups excluding carboxylic acids is 1. The number of nitrogens with one attached hydrogen (secondary N) is 1. The standard InChI is InChI=1S/C22H23ClF2N2O3S/c23-17-5-3-15(4-6-17)21(14-1-2-14)26-22(28)16-9-11-27(12-10-16)31(29,30)18-7-8-19(24)20(25)13-18/h3-8,13-14,16,21H,1-2,9-12H2,(H,26,28). The highest BCUT2D eigenvalue weighted by molar-refractivity contribution is 7.89. The Morgan fingerprint density at radius 1 is 1.00 bits per heavy atom. The maximum Gasteiger partial charge on any atom is 0.243 e. The van der Waals surface area contributed by atoms with Crippen LogP contribution in [0.2, 0.25) is 5.02 Å². The summed E-state index contributed by atoms with van der Waals surface area (Å²) in [5, 5.41) is 3.78. The van der Waals surface area contributed by atoms with E-state index in [2.05, 4.69) is 5.32 Å². The van der Waals surface area contributed by atoms with Gasteiger partial charge in [-0.15, -0.1) is 0 Å². The van der Waals surface area contributed by atoms with Crippen molar-refractivity contribution < 1.29 is 22.0 Å². The molecule has 1 heterocycles. The van der Waals surface area contributed by atoms with Crippen molar-refractivity contribution >= 4 is 27.5 Å². The highest BCUT2D eigenvalue weighted by Gasteiger charge is 2.37. The number of nitrogens with zero attached hydrogens (tertiary/aromatic N) is 1. The number of amides is 1. The van der Waals surface area contributed by atoms with E-state index in [4.69, 9.17) is 11.6 Å². The van der Waals surface area contributed by atoms with Crippen molar-refractivity contribution in [1.82, 2.24) is 9.62 Å². The molecule has 2 aliphatic rings. The van der Waals surface area contributed by atoms with E-state index in [0.717, 1.165) is 30.5 Å². The maximum absolute atomic E-state index is 13.5. The van der Waals surface area contributed by atoms with Crippen LogP contribution in [0.5, 0.6) is 0 Å². The van der Waals surface area contributed by atoms with Gasteiger partial charge in [-0.3, -0.25) is 4.79 Å². The summed E-state index contributed by atoms with van der Waals surface area (Å²) in [4.78, 5) is 12.6. The van der Waals surface area contributed by atoms with Crippen LogP contribution in [-0.4, -0.2) is 31.7 Å². The van der Waals surface area contributed by atoms with E-state index in [1.807, 2.05) is 12.1 Å². The van der Waals surface area contributed by atoms with E-state index in [1.165, 1.54) is 4.31 Å². The van der Waals surface area contributed by atoms with Gasteiger partial charge in [-0.05, 0) is 67.5 Å². The molecule has 0 radical (unpaired) electrons. The first-order valence-corrected chi connectivity index (χ1v) is 12.1. The van der Waals surface area contributed by atoms with Gasteiger partial charge in [0.25, 0.3) is 0 Å². The van der Waals surface area contributed by atoms with Crippen LogP contribution in [0, 0.1) is 23.5 Å². The minimum Gasteiger partial charge on any atom is -0.349 e. The first-order chi connectivity index (χ1) is 14.8. The van der Waals surface area contributed by atoms with Gasteiger partial charge in [0, 0.05) is 24.0 Å². The lowest BCUT2D eigenvalue weighted by Crippen LogP contribution is -2.44. The van der Waals surface area contributed by atoms with E-state index in [9.17, 15) is 22.0 Å². The molecule has 1 atom stereocenters. The topological polar surface area (TPSA) is 66.5 Å². The Morgan fingerprint density at radius 3 is 2.23 bits per heavy atom. The number of piperidine rings is 1. The van der Waals surface area contributed by atoms with Gasteiger partial charge in [-0.2, -0.15) is 4.31 Å². The second-order valence-electron chi connectivity index (χ2n) is 8.13. The Balaban J connectivity index is 1.39. The highest BCUT2D eigenvalue weighted by Crippen LogP contribution is 2.41. The summed E-state index contributed by atoms with van der Waals surface area (Å²) in [7, 11) is -3.94. The van der Waals surface area contributed by atoms with Crippen molar-refractivity contribution in [3.63, 3.8) is 0 Å². The first-order valence-electron chi connectivity index (χ1n) is 10.3. The molecule has 2 aromatic carbocycles. The fourth-order valence-corrected chi connectivity index (χ4v) is 5.60. The highest BCUT2D eigenvalue weighted by atomic mass is 35.5. The Morgan fingerprint density at radius 2 is 1.65 bits per heavy atom. The lowest BCUT2D eigenvalue weighted by Gasteiger charge is -2.31. The van der Waals surface area contributed by atoms with E-state index >= 15 is 0 Å². The average Bonchev–Trinajstić information content (AvgIpc) is 3.60. The molecule has 1 aliphatic heterocycles. The summed E-state index contributed by atoms with van der Waals surface area (Å²) >= 11 is 5.97. The van der Waals surface area contributed by atoms with Crippen molar-refractivity contribution in [1.29, 1.82) is 0 Å². The van der Waals surface area contributed by atoms with Gasteiger partial charge in [0.2, 0.25) is 15.9 Å². The third kappa shape index (κ3) is 4.91. The Labute approximate surface area is 185 Å². The van der Waals surface area contributed by atoms with Crippen LogP contribution >= 0.6 is 11.6 Å². The SMILES string of the molecule is O=C(NC(c1ccc(Cl)cc1)C1CC1)C1CCN(S(=O)(=O)c2ccc(F)c(F)c2)CC1. The predicted molar refractivity (Wildman–Crippen MR) is 113 cm³/mol. The van der Waals surface area contributed by atoms with E-state index < -0.39 is 21.7 Å². The molecule has 1 saturated heterocycles. The van der Waals surface area contributed by atoms with Crippen LogP contribution in [0.25, 0.3) is 0 Å². The molecule has 0 spiro atoms. The van der Waals surface area contributed by atoms with Crippen LogP contribution in [0.3, 0.4) is 0 Å². The molecular formula is C22H23ClF2N2O3S. The molecule has 1 aliphatic carbocycles. The van der Waals surface area contributed by atoms with Crippen LogP contribution in [0.15, 0.2) is 47.4 Å². The molecule has 2 aromatic rings. The molecule has 0 bridgehead atoms. The van der Waals surface area contributed by atoms with Gasteiger partial charge in [0.1, 0.15) is 0 Å². The molecule has 31 heavy (non-hydrogen) atoms. The van der Waals surface area contributed by atoms with Gasteiger partial charge in [-0.25, -0.2) is 17.2 Å². The third-order valence-corrected chi connectivity index (χ3v) is 8.12. The van der Waals surface area contributed by atoms with E-state index in [-0.39, 0.29) is 35.9 Å². The molecule has 9 heteroatoms. The second-order valence-corrected chi connectivity index (χ2v) is 10.5. The fraction of sp³-hybridized carbons (Fsp3) is 0.409. The number of halogens is 3. The minimum absolute atomic E-state index is 0.0753. The van der Waals surface area contributed by atoms with Crippen molar-refractivity contribution in [3.05, 3.63) is 64.7 Å². The monoisotopic (exact) mass is 468 g/mol. The lowest BCUT2D eigenvalue weighted by molar-refractivity contribution is -0.127. The third-order valence-electron chi connectivity index (χ3n) is 5.97. The van der Waals surface area contributed by atoms with Crippen molar-refractivity contribution in [2.75, 3.05) is 13.1 Å². The molecule has 1 amide bonds. The maximum atomic E-state index is 13.5. The van der Waals surface area contributed by atoms with Crippen LogP contribution in [0.1, 0.15) is 37.3 Å². The summed E-state index contributed by atoms with van der Waals surface area (Å²) in [6.07, 6.45) is 2.84. The molecule has 0 aromatic heterocycles. The van der Waals surface area contributed by atoms with Crippen LogP contribution < -0.4 is 5.32 Å². The molecular weight excluding hydrogens is 446 g/mol. The molecule has 4 rings (SSSR count). The number of benzene rings is 2. The van der Waals surface area contributed by atoms with E-state index in [1.54, 1.807) is 12.1 Å². The molecule has 5 nitrogen and oxygen atoms in total. The Kier molecular flexibility index (Phi) is 6.32. The van der Waals surface area contributed by atoms with Gasteiger partial charge in [0.05, 0.1) is 10.9 Å². The fourth-order valence-electron chi connectivity index (χ4n) is 3.99. The quantitative estimate of drug-likeness (QED) is 0.687. The van der Waals surface area contributed by atoms with Crippen molar-refractivity contribution in [2.24, 2.45) is 11.8 Å². The zero-order valence-corrected chi connectivity index (χ0v) is 18.3. The van der Waals surface area contributed by atoms with Crippen LogP contribution in [-0.2, 0) is 14.8 Å². The Hall–Kier alpha value is -2.03. The minimum atomic E-state index is -3.94.